The Balaban J connectivity index is 1.51. The second-order valence-corrected chi connectivity index (χ2v) is 8.74. The van der Waals surface area contributed by atoms with Crippen molar-refractivity contribution in [2.24, 2.45) is 0 Å². The minimum atomic E-state index is -3.72. The van der Waals surface area contributed by atoms with Gasteiger partial charge >= 0.3 is 0 Å². The van der Waals surface area contributed by atoms with Gasteiger partial charge in [-0.05, 0) is 42.8 Å². The van der Waals surface area contributed by atoms with Crippen LogP contribution in [0.5, 0.6) is 0 Å². The first-order chi connectivity index (χ1) is 15.0. The van der Waals surface area contributed by atoms with Crippen molar-refractivity contribution < 1.29 is 12.8 Å². The second kappa shape index (κ2) is 7.41. The molecule has 0 spiro atoms. The lowest BCUT2D eigenvalue weighted by Gasteiger charge is -2.11. The molecule has 0 saturated carbocycles. The molecule has 31 heavy (non-hydrogen) atoms. The summed E-state index contributed by atoms with van der Waals surface area (Å²) in [6, 6.07) is 21.4. The molecule has 2 aromatic heterocycles. The molecule has 154 valence electrons. The molecular formula is C23H18N4O3S. The Bertz CT molecular complexity index is 1470. The number of fused-ring (bicyclic) bond motifs is 1. The molecule has 0 bridgehead atoms. The largest absolute Gasteiger partial charge is 0.436 e. The number of sulfonamides is 1. The van der Waals surface area contributed by atoms with Gasteiger partial charge in [-0.3, -0.25) is 9.82 Å². The summed E-state index contributed by atoms with van der Waals surface area (Å²) in [6.45, 7) is 1.77. The first-order valence-electron chi connectivity index (χ1n) is 9.60. The van der Waals surface area contributed by atoms with Gasteiger partial charge in [0.15, 0.2) is 5.58 Å². The molecule has 0 amide bonds. The van der Waals surface area contributed by atoms with Crippen LogP contribution in [0.3, 0.4) is 0 Å². The smallest absolute Gasteiger partial charge is 0.262 e. The van der Waals surface area contributed by atoms with Gasteiger partial charge in [-0.2, -0.15) is 5.10 Å². The molecule has 7 nitrogen and oxygen atoms in total. The lowest BCUT2D eigenvalue weighted by atomic mass is 10.1. The number of oxazole rings is 1. The third kappa shape index (κ3) is 3.57. The van der Waals surface area contributed by atoms with Crippen LogP contribution in [0.1, 0.15) is 5.56 Å². The number of H-pyrrole nitrogens is 1. The zero-order chi connectivity index (χ0) is 21.4. The zero-order valence-electron chi connectivity index (χ0n) is 16.5. The van der Waals surface area contributed by atoms with Crippen LogP contribution in [0.15, 0.2) is 88.3 Å². The Hall–Kier alpha value is -3.91. The van der Waals surface area contributed by atoms with Gasteiger partial charge in [0, 0.05) is 17.4 Å². The van der Waals surface area contributed by atoms with E-state index in [-0.39, 0.29) is 4.90 Å². The zero-order valence-corrected chi connectivity index (χ0v) is 17.3. The molecule has 5 aromatic rings. The molecule has 2 N–H and O–H groups in total. The van der Waals surface area contributed by atoms with Crippen molar-refractivity contribution in [1.82, 2.24) is 15.2 Å². The highest BCUT2D eigenvalue weighted by molar-refractivity contribution is 7.92. The summed E-state index contributed by atoms with van der Waals surface area (Å²) >= 11 is 0. The van der Waals surface area contributed by atoms with Gasteiger partial charge in [-0.25, -0.2) is 13.4 Å². The van der Waals surface area contributed by atoms with Crippen molar-refractivity contribution in [3.63, 3.8) is 0 Å². The Morgan fingerprint density at radius 2 is 1.77 bits per heavy atom. The lowest BCUT2D eigenvalue weighted by Crippen LogP contribution is -2.14. The Morgan fingerprint density at radius 3 is 2.61 bits per heavy atom. The summed E-state index contributed by atoms with van der Waals surface area (Å²) in [7, 11) is -3.72. The fourth-order valence-corrected chi connectivity index (χ4v) is 4.76. The van der Waals surface area contributed by atoms with Crippen LogP contribution < -0.4 is 4.72 Å². The number of aryl methyl sites for hydroxylation is 1. The maximum Gasteiger partial charge on any atom is 0.262 e. The summed E-state index contributed by atoms with van der Waals surface area (Å²) in [5.74, 6) is 0.441. The predicted molar refractivity (Wildman–Crippen MR) is 119 cm³/mol. The van der Waals surface area contributed by atoms with E-state index in [9.17, 15) is 8.42 Å². The van der Waals surface area contributed by atoms with E-state index >= 15 is 0 Å². The van der Waals surface area contributed by atoms with Gasteiger partial charge in [0.25, 0.3) is 10.0 Å². The Morgan fingerprint density at radius 1 is 0.968 bits per heavy atom. The van der Waals surface area contributed by atoms with Crippen LogP contribution in [-0.2, 0) is 10.0 Å². The van der Waals surface area contributed by atoms with Gasteiger partial charge in [0.05, 0.1) is 10.5 Å². The number of hydrogen-bond acceptors (Lipinski definition) is 5. The van der Waals surface area contributed by atoms with Crippen molar-refractivity contribution >= 4 is 26.8 Å². The normalized spacial score (nSPS) is 11.6. The van der Waals surface area contributed by atoms with Crippen LogP contribution in [0.2, 0.25) is 0 Å². The molecule has 3 aromatic carbocycles. The topological polar surface area (TPSA) is 101 Å². The van der Waals surface area contributed by atoms with Gasteiger partial charge in [0.1, 0.15) is 11.2 Å². The summed E-state index contributed by atoms with van der Waals surface area (Å²) in [4.78, 5) is 4.78. The first-order valence-corrected chi connectivity index (χ1v) is 11.1. The van der Waals surface area contributed by atoms with Gasteiger partial charge < -0.3 is 4.42 Å². The van der Waals surface area contributed by atoms with Gasteiger partial charge in [0.2, 0.25) is 5.89 Å². The number of rotatable bonds is 5. The molecule has 0 fully saturated rings. The molecule has 8 heteroatoms. The van der Waals surface area contributed by atoms with Crippen LogP contribution in [0.4, 0.5) is 5.69 Å². The van der Waals surface area contributed by atoms with Gasteiger partial charge in [-0.15, -0.1) is 0 Å². The summed E-state index contributed by atoms with van der Waals surface area (Å²) in [5.41, 5.74) is 4.58. The van der Waals surface area contributed by atoms with E-state index < -0.39 is 10.0 Å². The number of hydrogen-bond donors (Lipinski definition) is 2. The van der Waals surface area contributed by atoms with Crippen molar-refractivity contribution in [1.29, 1.82) is 0 Å². The van der Waals surface area contributed by atoms with Crippen molar-refractivity contribution in [2.75, 3.05) is 4.72 Å². The highest BCUT2D eigenvalue weighted by atomic mass is 32.2. The molecule has 0 saturated heterocycles. The fourth-order valence-electron chi connectivity index (χ4n) is 3.46. The average molecular weight is 430 g/mol. The third-order valence-electron chi connectivity index (χ3n) is 4.94. The molecule has 0 atom stereocenters. The van der Waals surface area contributed by atoms with Crippen molar-refractivity contribution in [3.05, 3.63) is 84.6 Å². The van der Waals surface area contributed by atoms with Gasteiger partial charge in [-0.1, -0.05) is 42.5 Å². The third-order valence-corrected chi connectivity index (χ3v) is 6.48. The summed E-state index contributed by atoms with van der Waals surface area (Å²) in [5, 5.41) is 7.19. The maximum atomic E-state index is 12.9. The fraction of sp³-hybridized carbons (Fsp3) is 0.0435. The van der Waals surface area contributed by atoms with Crippen molar-refractivity contribution in [3.8, 4) is 22.7 Å². The molecular weight excluding hydrogens is 412 g/mol. The number of aromatic nitrogens is 3. The average Bonchev–Trinajstić information content (AvgIpc) is 3.40. The second-order valence-electron chi connectivity index (χ2n) is 7.09. The SMILES string of the molecule is Cc1ccccc1S(=O)(=O)Nc1cccc(-c2n[nH]cc2-c2nc3ccccc3o2)c1. The molecule has 2 heterocycles. The van der Waals surface area contributed by atoms with E-state index in [0.717, 1.165) is 11.1 Å². The minimum absolute atomic E-state index is 0.243. The Labute approximate surface area is 178 Å². The van der Waals surface area contributed by atoms with Crippen LogP contribution in [-0.4, -0.2) is 23.6 Å². The number of anilines is 1. The summed E-state index contributed by atoms with van der Waals surface area (Å²) < 4.78 is 34.2. The molecule has 0 unspecified atom stereocenters. The number of aromatic amines is 1. The molecule has 0 aliphatic carbocycles. The van der Waals surface area contributed by atoms with E-state index in [1.807, 2.05) is 30.3 Å². The molecule has 5 rings (SSSR count). The highest BCUT2D eigenvalue weighted by Crippen LogP contribution is 2.33. The number of nitrogens with zero attached hydrogens (tertiary/aromatic N) is 2. The molecule has 0 radical (unpaired) electrons. The molecule has 0 aliphatic heterocycles. The predicted octanol–water partition coefficient (Wildman–Crippen LogP) is 4.99. The highest BCUT2D eigenvalue weighted by Gasteiger charge is 2.19. The minimum Gasteiger partial charge on any atom is -0.436 e. The van der Waals surface area contributed by atoms with Crippen LogP contribution in [0, 0.1) is 6.92 Å². The van der Waals surface area contributed by atoms with E-state index in [4.69, 9.17) is 4.42 Å². The van der Waals surface area contributed by atoms with Crippen LogP contribution >= 0.6 is 0 Å². The number of para-hydroxylation sites is 2. The van der Waals surface area contributed by atoms with Crippen molar-refractivity contribution in [2.45, 2.75) is 11.8 Å². The van der Waals surface area contributed by atoms with E-state index in [2.05, 4.69) is 19.9 Å². The maximum absolute atomic E-state index is 12.9. The number of nitrogens with one attached hydrogen (secondary N) is 2. The Kier molecular flexibility index (Phi) is 4.56. The molecule has 0 aliphatic rings. The van der Waals surface area contributed by atoms with E-state index in [1.165, 1.54) is 0 Å². The lowest BCUT2D eigenvalue weighted by molar-refractivity contribution is 0.600. The van der Waals surface area contributed by atoms with E-state index in [1.54, 1.807) is 55.6 Å². The quantitative estimate of drug-likeness (QED) is 0.409. The standard InChI is InChI=1S/C23H18N4O3S/c1-15-7-2-5-12-21(15)31(28,29)27-17-9-6-8-16(13-17)22-18(14-24-26-22)23-25-19-10-3-4-11-20(19)30-23/h2-14,27H,1H3,(H,24,26). The monoisotopic (exact) mass is 430 g/mol. The number of benzene rings is 3. The van der Waals surface area contributed by atoms with Crippen LogP contribution in [0.25, 0.3) is 33.8 Å². The summed E-state index contributed by atoms with van der Waals surface area (Å²) in [6.07, 6.45) is 1.71. The first kappa shape index (κ1) is 19.1. The van der Waals surface area contributed by atoms with E-state index in [0.29, 0.717) is 34.0 Å².